The maximum Gasteiger partial charge on any atom is 0.211 e. The number of hydrogen-bond donors (Lipinski definition) is 1. The van der Waals surface area contributed by atoms with E-state index in [2.05, 4.69) is 15.2 Å². The minimum Gasteiger partial charge on any atom is -0.391 e. The zero-order chi connectivity index (χ0) is 11.5. The summed E-state index contributed by atoms with van der Waals surface area (Å²) in [5, 5.41) is 8.69. The summed E-state index contributed by atoms with van der Waals surface area (Å²) in [5.41, 5.74) is 2.17. The lowest BCUT2D eigenvalue weighted by Crippen LogP contribution is -1.88. The van der Waals surface area contributed by atoms with Crippen molar-refractivity contribution in [2.45, 2.75) is 13.5 Å². The van der Waals surface area contributed by atoms with E-state index < -0.39 is 0 Å². The summed E-state index contributed by atoms with van der Waals surface area (Å²) >= 11 is 5.70. The molecule has 0 unspecified atom stereocenters. The van der Waals surface area contributed by atoms with Crippen LogP contribution in [0.3, 0.4) is 0 Å². The van der Waals surface area contributed by atoms with Gasteiger partial charge >= 0.3 is 0 Å². The number of aliphatic hydroxyl groups is 1. The van der Waals surface area contributed by atoms with E-state index in [4.69, 9.17) is 17.6 Å². The third-order valence-electron chi connectivity index (χ3n) is 2.13. The Balaban J connectivity index is 2.43. The zero-order valence-electron chi connectivity index (χ0n) is 9.03. The maximum atomic E-state index is 6.76. The molecule has 0 radical (unpaired) electrons. The van der Waals surface area contributed by atoms with E-state index in [1.54, 1.807) is 25.3 Å². The van der Waals surface area contributed by atoms with Crippen molar-refractivity contribution >= 4 is 11.6 Å². The van der Waals surface area contributed by atoms with Crippen LogP contribution < -0.4 is 0 Å². The van der Waals surface area contributed by atoms with Crippen LogP contribution in [0, 0.1) is 6.92 Å². The molecule has 0 bridgehead atoms. The molecule has 0 aliphatic heterocycles. The van der Waals surface area contributed by atoms with Crippen molar-refractivity contribution in [3.05, 3.63) is 34.8 Å². The average molecular weight is 226 g/mol. The van der Waals surface area contributed by atoms with Gasteiger partial charge in [0.1, 0.15) is 16.6 Å². The van der Waals surface area contributed by atoms with E-state index in [0.29, 0.717) is 16.6 Å². The standard InChI is InChI=1S/C10H9ClN2O2/c1-6-8(5-14)10(13-15-6)7-2-3-9(11)12-4-7/h2-4,14H,5H2,1H3/i14D. The highest BCUT2D eigenvalue weighted by Crippen LogP contribution is 2.25. The Morgan fingerprint density at radius 1 is 1.60 bits per heavy atom. The maximum absolute atomic E-state index is 6.76. The molecular formula is C10H9ClN2O2. The zero-order valence-corrected chi connectivity index (χ0v) is 8.78. The van der Waals surface area contributed by atoms with Gasteiger partial charge in [-0.15, -0.1) is 0 Å². The average Bonchev–Trinajstić information content (AvgIpc) is 2.63. The fraction of sp³-hybridized carbons (Fsp3) is 0.200. The van der Waals surface area contributed by atoms with Crippen molar-refractivity contribution in [3.8, 4) is 11.3 Å². The molecule has 1 N–H and O–H groups in total. The Hall–Kier alpha value is -1.39. The van der Waals surface area contributed by atoms with E-state index in [0.717, 1.165) is 11.1 Å². The molecule has 0 aliphatic carbocycles. The Kier molecular flexibility index (Phi) is 2.37. The van der Waals surface area contributed by atoms with Crippen molar-refractivity contribution in [3.63, 3.8) is 0 Å². The molecule has 0 aromatic carbocycles. The van der Waals surface area contributed by atoms with Crippen molar-refractivity contribution in [1.82, 2.24) is 10.1 Å². The van der Waals surface area contributed by atoms with E-state index >= 15 is 0 Å². The molecule has 0 saturated heterocycles. The molecule has 0 aliphatic rings. The van der Waals surface area contributed by atoms with Crippen LogP contribution in [0.5, 0.6) is 0 Å². The van der Waals surface area contributed by atoms with E-state index in [9.17, 15) is 0 Å². The number of aryl methyl sites for hydroxylation is 1. The van der Waals surface area contributed by atoms with Crippen molar-refractivity contribution in [2.75, 3.05) is 0 Å². The molecule has 2 heterocycles. The molecule has 0 saturated carbocycles. The van der Waals surface area contributed by atoms with Gasteiger partial charge in [-0.3, -0.25) is 0 Å². The third-order valence-corrected chi connectivity index (χ3v) is 2.35. The quantitative estimate of drug-likeness (QED) is 0.814. The molecule has 2 rings (SSSR count). The van der Waals surface area contributed by atoms with Gasteiger partial charge in [-0.1, -0.05) is 16.8 Å². The Morgan fingerprint density at radius 2 is 2.47 bits per heavy atom. The molecule has 5 heteroatoms. The summed E-state index contributed by atoms with van der Waals surface area (Å²) in [6.07, 6.45) is 1.60. The van der Waals surface area contributed by atoms with Crippen LogP contribution in [-0.2, 0) is 6.61 Å². The smallest absolute Gasteiger partial charge is 0.211 e. The third kappa shape index (κ3) is 1.86. The molecule has 0 spiro atoms. The fourth-order valence-corrected chi connectivity index (χ4v) is 1.42. The fourth-order valence-electron chi connectivity index (χ4n) is 1.30. The predicted molar refractivity (Wildman–Crippen MR) is 55.4 cm³/mol. The summed E-state index contributed by atoms with van der Waals surface area (Å²) in [6.45, 7) is 1.90. The topological polar surface area (TPSA) is 59.2 Å². The lowest BCUT2D eigenvalue weighted by Gasteiger charge is -1.98. The van der Waals surface area contributed by atoms with Gasteiger partial charge in [0.2, 0.25) is 1.43 Å². The molecular weight excluding hydrogens is 216 g/mol. The van der Waals surface area contributed by atoms with Gasteiger partial charge in [-0.05, 0) is 19.1 Å². The van der Waals surface area contributed by atoms with Crippen LogP contribution in [0.25, 0.3) is 11.3 Å². The minimum absolute atomic E-state index is 0.132. The summed E-state index contributed by atoms with van der Waals surface area (Å²) in [7, 11) is 0. The summed E-state index contributed by atoms with van der Waals surface area (Å²) < 4.78 is 11.8. The number of nitrogens with zero attached hydrogens (tertiary/aromatic N) is 2. The number of aliphatic hydroxyl groups excluding tert-OH is 1. The molecule has 0 fully saturated rings. The van der Waals surface area contributed by atoms with E-state index in [-0.39, 0.29) is 6.61 Å². The molecule has 2 aromatic heterocycles. The second kappa shape index (κ2) is 4.00. The van der Waals surface area contributed by atoms with Gasteiger partial charge in [-0.2, -0.15) is 0 Å². The van der Waals surface area contributed by atoms with Crippen LogP contribution in [0.4, 0.5) is 0 Å². The second-order valence-electron chi connectivity index (χ2n) is 3.08. The van der Waals surface area contributed by atoms with Gasteiger partial charge in [0.15, 0.2) is 0 Å². The highest BCUT2D eigenvalue weighted by molar-refractivity contribution is 6.29. The predicted octanol–water partition coefficient (Wildman–Crippen LogP) is 2.19. The molecule has 78 valence electrons. The molecule has 0 atom stereocenters. The van der Waals surface area contributed by atoms with Gasteiger partial charge in [0.05, 0.1) is 6.61 Å². The second-order valence-corrected chi connectivity index (χ2v) is 3.47. The normalized spacial score (nSPS) is 11.5. The lowest BCUT2D eigenvalue weighted by molar-refractivity contribution is 0.278. The highest BCUT2D eigenvalue weighted by atomic mass is 35.5. The molecule has 2 aromatic rings. The van der Waals surface area contributed by atoms with Gasteiger partial charge in [-0.25, -0.2) is 4.98 Å². The molecule has 0 amide bonds. The van der Waals surface area contributed by atoms with Gasteiger partial charge in [0.25, 0.3) is 0 Å². The summed E-state index contributed by atoms with van der Waals surface area (Å²) in [5.74, 6) is 0.636. The largest absolute Gasteiger partial charge is 0.391 e. The highest BCUT2D eigenvalue weighted by Gasteiger charge is 2.13. The van der Waals surface area contributed by atoms with Crippen molar-refractivity contribution < 1.29 is 9.63 Å². The van der Waals surface area contributed by atoms with Gasteiger partial charge in [0, 0.05) is 17.3 Å². The molecule has 15 heavy (non-hydrogen) atoms. The van der Waals surface area contributed by atoms with Crippen LogP contribution >= 0.6 is 11.6 Å². The first kappa shape index (κ1) is 8.88. The Morgan fingerprint density at radius 3 is 3.13 bits per heavy atom. The number of aromatic nitrogens is 2. The first-order valence-electron chi connectivity index (χ1n) is 4.78. The van der Waals surface area contributed by atoms with Crippen LogP contribution in [0.2, 0.25) is 5.15 Å². The lowest BCUT2D eigenvalue weighted by atomic mass is 10.1. The summed E-state index contributed by atoms with van der Waals surface area (Å²) in [6, 6.07) is 3.46. The minimum atomic E-state index is 0.132. The van der Waals surface area contributed by atoms with E-state index in [1.165, 1.54) is 0 Å². The SMILES string of the molecule is [2H]OCc1c(-c2ccc(Cl)nc2)noc1C. The Bertz CT molecular complexity index is 484. The van der Waals surface area contributed by atoms with Gasteiger partial charge < -0.3 is 9.63 Å². The first-order valence-corrected chi connectivity index (χ1v) is 4.75. The number of halogens is 1. The summed E-state index contributed by atoms with van der Waals surface area (Å²) in [4.78, 5) is 3.96. The Labute approximate surface area is 93.0 Å². The number of pyridine rings is 1. The van der Waals surface area contributed by atoms with Crippen molar-refractivity contribution in [1.29, 1.82) is 1.43 Å². The first-order chi connectivity index (χ1) is 7.72. The van der Waals surface area contributed by atoms with Crippen LogP contribution in [0.15, 0.2) is 22.9 Å². The monoisotopic (exact) mass is 225 g/mol. The van der Waals surface area contributed by atoms with Crippen molar-refractivity contribution in [2.24, 2.45) is 0 Å². The van der Waals surface area contributed by atoms with Crippen LogP contribution in [-0.4, -0.2) is 16.7 Å². The number of rotatable bonds is 3. The number of hydrogen-bond acceptors (Lipinski definition) is 4. The van der Waals surface area contributed by atoms with Crippen LogP contribution in [0.1, 0.15) is 11.3 Å². The van der Waals surface area contributed by atoms with E-state index in [1.807, 2.05) is 0 Å². The molecule has 4 nitrogen and oxygen atoms in total.